The van der Waals surface area contributed by atoms with Crippen molar-refractivity contribution in [1.82, 2.24) is 14.7 Å². The van der Waals surface area contributed by atoms with Crippen molar-refractivity contribution >= 4 is 35.1 Å². The highest BCUT2D eigenvalue weighted by molar-refractivity contribution is 6.34. The van der Waals surface area contributed by atoms with Crippen LogP contribution >= 0.6 is 11.6 Å². The Hall–Kier alpha value is -2.51. The number of carbonyl (C=O) groups excluding carboxylic acids is 2. The van der Waals surface area contributed by atoms with Gasteiger partial charge in [-0.05, 0) is 44.0 Å². The fourth-order valence-electron chi connectivity index (χ4n) is 4.86. The van der Waals surface area contributed by atoms with E-state index in [1.54, 1.807) is 6.08 Å². The summed E-state index contributed by atoms with van der Waals surface area (Å²) in [6, 6.07) is -0.175. The lowest BCUT2D eigenvalue weighted by molar-refractivity contribution is 0.125. The zero-order valence-corrected chi connectivity index (χ0v) is 17.4. The summed E-state index contributed by atoms with van der Waals surface area (Å²) in [6.45, 7) is 3.53. The number of likely N-dealkylation sites (tertiary alicyclic amines) is 1. The molecule has 0 aromatic rings. The number of halogens is 1. The Balaban J connectivity index is 1.10. The average molecular weight is 426 g/mol. The van der Waals surface area contributed by atoms with E-state index < -0.39 is 0 Å². The van der Waals surface area contributed by atoms with Crippen molar-refractivity contribution in [3.63, 3.8) is 0 Å². The van der Waals surface area contributed by atoms with Crippen molar-refractivity contribution in [2.75, 3.05) is 26.2 Å². The second kappa shape index (κ2) is 7.96. The summed E-state index contributed by atoms with van der Waals surface area (Å²) in [4.78, 5) is 39.1. The van der Waals surface area contributed by atoms with Crippen molar-refractivity contribution in [2.45, 2.75) is 37.4 Å². The maximum Gasteiger partial charge on any atom is 0.344 e. The first-order chi connectivity index (χ1) is 14.6. The molecule has 2 aliphatic carbocycles. The van der Waals surface area contributed by atoms with E-state index in [1.807, 2.05) is 46.3 Å². The smallest absolute Gasteiger partial charge is 0.311 e. The van der Waals surface area contributed by atoms with Crippen molar-refractivity contribution in [2.24, 2.45) is 9.98 Å². The number of urea groups is 2. The molecule has 1 fully saturated rings. The number of aliphatic imine (C=N–C) groups is 2. The summed E-state index contributed by atoms with van der Waals surface area (Å²) in [5, 5.41) is 0.614. The maximum atomic E-state index is 12.5. The minimum atomic E-state index is -0.154. The number of nitrogens with zero attached hydrogens (tertiary/aromatic N) is 5. The summed E-state index contributed by atoms with van der Waals surface area (Å²) < 4.78 is 0. The number of amides is 4. The van der Waals surface area contributed by atoms with Crippen LogP contribution in [0.25, 0.3) is 0 Å². The van der Waals surface area contributed by atoms with E-state index in [9.17, 15) is 9.59 Å². The van der Waals surface area contributed by atoms with Gasteiger partial charge in [0.15, 0.2) is 0 Å². The molecule has 2 unspecified atom stereocenters. The first-order valence-electron chi connectivity index (χ1n) is 10.5. The highest BCUT2D eigenvalue weighted by Gasteiger charge is 2.39. The molecule has 3 aliphatic heterocycles. The van der Waals surface area contributed by atoms with Gasteiger partial charge in [0, 0.05) is 30.7 Å². The van der Waals surface area contributed by atoms with E-state index in [1.165, 1.54) is 0 Å². The monoisotopic (exact) mass is 425 g/mol. The van der Waals surface area contributed by atoms with Crippen molar-refractivity contribution in [3.8, 4) is 0 Å². The molecule has 4 amide bonds. The molecule has 3 heterocycles. The zero-order valence-electron chi connectivity index (χ0n) is 16.7. The molecule has 0 spiro atoms. The van der Waals surface area contributed by atoms with Gasteiger partial charge in [-0.1, -0.05) is 35.9 Å². The number of carbonyl (C=O) groups is 2. The van der Waals surface area contributed by atoms with Gasteiger partial charge in [-0.25, -0.2) is 9.59 Å². The number of hydrogen-bond donors (Lipinski definition) is 0. The summed E-state index contributed by atoms with van der Waals surface area (Å²) >= 11 is 6.04. The van der Waals surface area contributed by atoms with E-state index in [0.29, 0.717) is 11.6 Å². The predicted octanol–water partition coefficient (Wildman–Crippen LogP) is 3.15. The Morgan fingerprint density at radius 1 is 0.933 bits per heavy atom. The molecule has 8 heteroatoms. The molecule has 1 saturated heterocycles. The molecule has 0 aromatic heterocycles. The first-order valence-corrected chi connectivity index (χ1v) is 10.9. The molecule has 7 nitrogen and oxygen atoms in total. The Morgan fingerprint density at radius 2 is 1.73 bits per heavy atom. The second-order valence-electron chi connectivity index (χ2n) is 8.19. The third kappa shape index (κ3) is 3.56. The Bertz CT molecular complexity index is 939. The van der Waals surface area contributed by atoms with Crippen LogP contribution in [-0.2, 0) is 0 Å². The molecule has 30 heavy (non-hydrogen) atoms. The van der Waals surface area contributed by atoms with Crippen LogP contribution in [0.2, 0.25) is 0 Å². The van der Waals surface area contributed by atoms with Gasteiger partial charge < -0.3 is 14.7 Å². The molecule has 0 aromatic carbocycles. The van der Waals surface area contributed by atoms with Gasteiger partial charge in [-0.2, -0.15) is 9.98 Å². The second-order valence-corrected chi connectivity index (χ2v) is 8.62. The molecule has 0 saturated carbocycles. The van der Waals surface area contributed by atoms with Crippen LogP contribution < -0.4 is 0 Å². The maximum absolute atomic E-state index is 12.5. The lowest BCUT2D eigenvalue weighted by Gasteiger charge is -2.38. The molecular weight excluding hydrogens is 402 g/mol. The van der Waals surface area contributed by atoms with Gasteiger partial charge in [-0.3, -0.25) is 0 Å². The Labute approximate surface area is 180 Å². The highest BCUT2D eigenvalue weighted by atomic mass is 35.5. The Kier molecular flexibility index (Phi) is 5.16. The van der Waals surface area contributed by atoms with Crippen LogP contribution in [0.4, 0.5) is 9.59 Å². The topological polar surface area (TPSA) is 68.6 Å². The fraction of sp³-hybridized carbons (Fsp3) is 0.455. The number of allylic oxidation sites excluding steroid dienone is 4. The van der Waals surface area contributed by atoms with Crippen LogP contribution in [0.1, 0.15) is 19.3 Å². The van der Waals surface area contributed by atoms with Gasteiger partial charge in [-0.15, -0.1) is 0 Å². The minimum Gasteiger partial charge on any atom is -0.311 e. The van der Waals surface area contributed by atoms with Crippen LogP contribution in [0.15, 0.2) is 57.5 Å². The van der Waals surface area contributed by atoms with E-state index in [-0.39, 0.29) is 30.2 Å². The van der Waals surface area contributed by atoms with Crippen LogP contribution in [0.5, 0.6) is 0 Å². The van der Waals surface area contributed by atoms with Crippen molar-refractivity contribution in [3.05, 3.63) is 47.6 Å². The summed E-state index contributed by atoms with van der Waals surface area (Å²) in [5.41, 5.74) is 1.59. The molecule has 5 aliphatic rings. The van der Waals surface area contributed by atoms with E-state index in [0.717, 1.165) is 50.3 Å². The number of rotatable bonds is 5. The molecular formula is C22H24ClN5O2. The largest absolute Gasteiger partial charge is 0.344 e. The fourth-order valence-corrected chi connectivity index (χ4v) is 5.05. The van der Waals surface area contributed by atoms with Gasteiger partial charge in [0.1, 0.15) is 0 Å². The van der Waals surface area contributed by atoms with E-state index in [2.05, 4.69) is 14.9 Å². The summed E-state index contributed by atoms with van der Waals surface area (Å²) in [7, 11) is 0. The van der Waals surface area contributed by atoms with Crippen LogP contribution in [-0.4, -0.2) is 82.5 Å². The van der Waals surface area contributed by atoms with Gasteiger partial charge >= 0.3 is 12.1 Å². The Morgan fingerprint density at radius 3 is 2.57 bits per heavy atom. The number of hydrogen-bond acceptors (Lipinski definition) is 3. The van der Waals surface area contributed by atoms with Crippen LogP contribution in [0, 0.1) is 0 Å². The lowest BCUT2D eigenvalue weighted by atomic mass is 9.98. The third-order valence-electron chi connectivity index (χ3n) is 6.38. The quantitative estimate of drug-likeness (QED) is 0.679. The van der Waals surface area contributed by atoms with Crippen molar-refractivity contribution < 1.29 is 9.59 Å². The SMILES string of the molecule is O=C1N=C2C=CC=CC2N1CCCN1CCC(N2C(=O)N=C3C=C(Cl)C=CC32)CC1. The van der Waals surface area contributed by atoms with E-state index >= 15 is 0 Å². The number of fused-ring (bicyclic) bond motifs is 2. The standard InChI is InChI=1S/C22H24ClN5O2/c23-15-6-7-20-18(14-15)25-22(30)28(20)16-8-12-26(13-9-16)10-3-11-27-19-5-2-1-4-17(19)24-21(27)29/h1-2,4-7,14,16,19-20H,3,8-13H2. The lowest BCUT2D eigenvalue weighted by Crippen LogP contribution is -2.50. The molecule has 2 atom stereocenters. The van der Waals surface area contributed by atoms with Crippen molar-refractivity contribution in [1.29, 1.82) is 0 Å². The molecule has 156 valence electrons. The first kappa shape index (κ1) is 19.5. The normalized spacial score (nSPS) is 28.6. The number of piperidine rings is 1. The summed E-state index contributed by atoms with van der Waals surface area (Å²) in [5.74, 6) is 0. The average Bonchev–Trinajstić information content (AvgIpc) is 3.23. The van der Waals surface area contributed by atoms with Gasteiger partial charge in [0.25, 0.3) is 0 Å². The predicted molar refractivity (Wildman–Crippen MR) is 117 cm³/mol. The molecule has 0 bridgehead atoms. The zero-order chi connectivity index (χ0) is 20.7. The minimum absolute atomic E-state index is 0.00490. The van der Waals surface area contributed by atoms with Gasteiger partial charge in [0.2, 0.25) is 0 Å². The summed E-state index contributed by atoms with van der Waals surface area (Å²) in [6.07, 6.45) is 16.2. The third-order valence-corrected chi connectivity index (χ3v) is 6.61. The van der Waals surface area contributed by atoms with Crippen LogP contribution in [0.3, 0.4) is 0 Å². The molecule has 0 radical (unpaired) electrons. The highest BCUT2D eigenvalue weighted by Crippen LogP contribution is 2.28. The van der Waals surface area contributed by atoms with E-state index in [4.69, 9.17) is 11.6 Å². The van der Waals surface area contributed by atoms with Gasteiger partial charge in [0.05, 0.1) is 23.5 Å². The molecule has 5 rings (SSSR count). The molecule has 0 N–H and O–H groups in total.